The van der Waals surface area contributed by atoms with Crippen LogP contribution in [0.5, 0.6) is 0 Å². The Hall–Kier alpha value is -1.16. The Kier molecular flexibility index (Phi) is 1.51. The van der Waals surface area contributed by atoms with E-state index in [9.17, 15) is 0 Å². The van der Waals surface area contributed by atoms with Crippen LogP contribution in [0.4, 0.5) is 0 Å². The van der Waals surface area contributed by atoms with Crippen molar-refractivity contribution in [1.82, 2.24) is 10.2 Å². The Morgan fingerprint density at radius 3 is 2.58 bits per heavy atom. The highest BCUT2D eigenvalue weighted by molar-refractivity contribution is 5.13. The Bertz CT molecular complexity index is 308. The zero-order chi connectivity index (χ0) is 8.60. The molecular weight excluding hydrogens is 154 g/mol. The van der Waals surface area contributed by atoms with Crippen molar-refractivity contribution in [2.75, 3.05) is 0 Å². The first-order valence-corrected chi connectivity index (χ1v) is 3.95. The lowest BCUT2D eigenvalue weighted by Gasteiger charge is -2.17. The molecule has 0 amide bonds. The molecule has 0 radical (unpaired) electrons. The molecular formula is C8H11N3O. The van der Waals surface area contributed by atoms with E-state index in [2.05, 4.69) is 10.2 Å². The molecule has 1 aliphatic rings. The van der Waals surface area contributed by atoms with E-state index in [0.29, 0.717) is 11.8 Å². The smallest absolute Gasteiger partial charge is 0.236 e. The number of aryl methyl sites for hydroxylation is 1. The molecule has 0 spiro atoms. The summed E-state index contributed by atoms with van der Waals surface area (Å²) in [6.07, 6.45) is 5.66. The second-order valence-corrected chi connectivity index (χ2v) is 3.16. The van der Waals surface area contributed by atoms with Crippen LogP contribution in [0.2, 0.25) is 0 Å². The highest BCUT2D eigenvalue weighted by atomic mass is 16.4. The fourth-order valence-corrected chi connectivity index (χ4v) is 1.34. The summed E-state index contributed by atoms with van der Waals surface area (Å²) in [6.45, 7) is 1.77. The maximum absolute atomic E-state index is 6.03. The van der Waals surface area contributed by atoms with E-state index >= 15 is 0 Å². The van der Waals surface area contributed by atoms with Crippen LogP contribution in [-0.2, 0) is 5.54 Å². The van der Waals surface area contributed by atoms with Gasteiger partial charge in [0.1, 0.15) is 5.54 Å². The van der Waals surface area contributed by atoms with Gasteiger partial charge in [0.25, 0.3) is 0 Å². The van der Waals surface area contributed by atoms with E-state index in [1.807, 2.05) is 12.2 Å². The Labute approximate surface area is 70.5 Å². The Balaban J connectivity index is 2.30. The molecule has 0 unspecified atom stereocenters. The van der Waals surface area contributed by atoms with Crippen LogP contribution in [0.15, 0.2) is 16.6 Å². The minimum atomic E-state index is -0.443. The van der Waals surface area contributed by atoms with Gasteiger partial charge in [0.2, 0.25) is 11.8 Å². The fraction of sp³-hybridized carbons (Fsp3) is 0.500. The van der Waals surface area contributed by atoms with Crippen molar-refractivity contribution in [2.24, 2.45) is 5.73 Å². The van der Waals surface area contributed by atoms with Crippen LogP contribution in [-0.4, -0.2) is 10.2 Å². The van der Waals surface area contributed by atoms with E-state index in [-0.39, 0.29) is 0 Å². The first kappa shape index (κ1) is 7.49. The quantitative estimate of drug-likeness (QED) is 0.627. The second-order valence-electron chi connectivity index (χ2n) is 3.16. The number of hydrogen-bond donors (Lipinski definition) is 1. The van der Waals surface area contributed by atoms with Crippen molar-refractivity contribution in [3.05, 3.63) is 23.9 Å². The van der Waals surface area contributed by atoms with E-state index in [1.54, 1.807) is 6.92 Å². The minimum absolute atomic E-state index is 0.443. The van der Waals surface area contributed by atoms with E-state index in [4.69, 9.17) is 10.2 Å². The number of hydrogen-bond acceptors (Lipinski definition) is 4. The molecule has 0 saturated heterocycles. The number of aromatic nitrogens is 2. The lowest BCUT2D eigenvalue weighted by Crippen LogP contribution is -2.33. The number of rotatable bonds is 1. The van der Waals surface area contributed by atoms with E-state index in [1.165, 1.54) is 0 Å². The third kappa shape index (κ3) is 1.04. The van der Waals surface area contributed by atoms with Gasteiger partial charge in [-0.25, -0.2) is 0 Å². The highest BCUT2D eigenvalue weighted by Crippen LogP contribution is 2.30. The third-order valence-electron chi connectivity index (χ3n) is 2.08. The fourth-order valence-electron chi connectivity index (χ4n) is 1.34. The molecule has 64 valence electrons. The minimum Gasteiger partial charge on any atom is -0.424 e. The molecule has 0 bridgehead atoms. The van der Waals surface area contributed by atoms with Gasteiger partial charge >= 0.3 is 0 Å². The van der Waals surface area contributed by atoms with Gasteiger partial charge in [-0.2, -0.15) is 0 Å². The number of nitrogens with two attached hydrogens (primary N) is 1. The summed E-state index contributed by atoms with van der Waals surface area (Å²) < 4.78 is 5.28. The molecule has 0 atom stereocenters. The van der Waals surface area contributed by atoms with Crippen LogP contribution in [0.25, 0.3) is 0 Å². The van der Waals surface area contributed by atoms with Crippen LogP contribution >= 0.6 is 0 Å². The summed E-state index contributed by atoms with van der Waals surface area (Å²) >= 11 is 0. The normalized spacial score (nSPS) is 20.2. The average molecular weight is 165 g/mol. The van der Waals surface area contributed by atoms with Crippen molar-refractivity contribution in [3.8, 4) is 0 Å². The number of nitrogens with zero attached hydrogens (tertiary/aromatic N) is 2. The molecule has 1 aromatic rings. The molecule has 1 heterocycles. The maximum atomic E-state index is 6.03. The molecule has 12 heavy (non-hydrogen) atoms. The van der Waals surface area contributed by atoms with Gasteiger partial charge in [-0.05, 0) is 12.8 Å². The van der Waals surface area contributed by atoms with Gasteiger partial charge in [-0.1, -0.05) is 12.2 Å². The largest absolute Gasteiger partial charge is 0.424 e. The molecule has 0 saturated carbocycles. The average Bonchev–Trinajstić information content (AvgIpc) is 2.59. The van der Waals surface area contributed by atoms with Crippen molar-refractivity contribution in [2.45, 2.75) is 25.3 Å². The van der Waals surface area contributed by atoms with Gasteiger partial charge in [0, 0.05) is 6.92 Å². The van der Waals surface area contributed by atoms with E-state index < -0.39 is 5.54 Å². The third-order valence-corrected chi connectivity index (χ3v) is 2.08. The van der Waals surface area contributed by atoms with Crippen LogP contribution in [0, 0.1) is 6.92 Å². The standard InChI is InChI=1S/C8H11N3O/c1-6-10-11-7(12-6)8(9)4-2-3-5-8/h2-3H,4-5,9H2,1H3. The molecule has 4 nitrogen and oxygen atoms in total. The van der Waals surface area contributed by atoms with Crippen LogP contribution in [0.3, 0.4) is 0 Å². The van der Waals surface area contributed by atoms with Gasteiger partial charge in [-0.15, -0.1) is 10.2 Å². The second kappa shape index (κ2) is 2.42. The van der Waals surface area contributed by atoms with Gasteiger partial charge in [0.05, 0.1) is 0 Å². The monoisotopic (exact) mass is 165 g/mol. The molecule has 2 N–H and O–H groups in total. The first-order chi connectivity index (χ1) is 5.71. The molecule has 0 aromatic carbocycles. The SMILES string of the molecule is Cc1nnc(C2(N)CC=CC2)o1. The first-order valence-electron chi connectivity index (χ1n) is 3.95. The van der Waals surface area contributed by atoms with Crippen molar-refractivity contribution in [3.63, 3.8) is 0 Å². The Morgan fingerprint density at radius 1 is 1.42 bits per heavy atom. The maximum Gasteiger partial charge on any atom is 0.236 e. The van der Waals surface area contributed by atoms with Gasteiger partial charge in [-0.3, -0.25) is 0 Å². The highest BCUT2D eigenvalue weighted by Gasteiger charge is 2.33. The zero-order valence-electron chi connectivity index (χ0n) is 6.95. The summed E-state index contributed by atoms with van der Waals surface area (Å²) in [6, 6.07) is 0. The molecule has 2 rings (SSSR count). The van der Waals surface area contributed by atoms with Gasteiger partial charge < -0.3 is 10.2 Å². The summed E-state index contributed by atoms with van der Waals surface area (Å²) in [7, 11) is 0. The van der Waals surface area contributed by atoms with Crippen molar-refractivity contribution < 1.29 is 4.42 Å². The summed E-state index contributed by atoms with van der Waals surface area (Å²) in [5.41, 5.74) is 5.59. The lowest BCUT2D eigenvalue weighted by atomic mass is 9.98. The summed E-state index contributed by atoms with van der Waals surface area (Å²) in [5.74, 6) is 1.12. The lowest BCUT2D eigenvalue weighted by molar-refractivity contribution is 0.336. The molecule has 1 aromatic heterocycles. The molecule has 0 fully saturated rings. The molecule has 1 aliphatic carbocycles. The Morgan fingerprint density at radius 2 is 2.08 bits per heavy atom. The van der Waals surface area contributed by atoms with Crippen molar-refractivity contribution in [1.29, 1.82) is 0 Å². The zero-order valence-corrected chi connectivity index (χ0v) is 6.95. The topological polar surface area (TPSA) is 64.9 Å². The molecule has 4 heteroatoms. The predicted octanol–water partition coefficient (Wildman–Crippen LogP) is 0.882. The van der Waals surface area contributed by atoms with Crippen LogP contribution < -0.4 is 5.73 Å². The van der Waals surface area contributed by atoms with Gasteiger partial charge in [0.15, 0.2) is 0 Å². The summed E-state index contributed by atoms with van der Waals surface area (Å²) in [5, 5.41) is 7.67. The van der Waals surface area contributed by atoms with Crippen LogP contribution in [0.1, 0.15) is 24.6 Å². The van der Waals surface area contributed by atoms with Crippen molar-refractivity contribution >= 4 is 0 Å². The summed E-state index contributed by atoms with van der Waals surface area (Å²) in [4.78, 5) is 0. The predicted molar refractivity (Wildman–Crippen MR) is 43.3 cm³/mol. The van der Waals surface area contributed by atoms with E-state index in [0.717, 1.165) is 12.8 Å². The molecule has 0 aliphatic heterocycles.